The van der Waals surface area contributed by atoms with Gasteiger partial charge in [0.25, 0.3) is 5.91 Å². The lowest BCUT2D eigenvalue weighted by atomic mass is 9.98. The van der Waals surface area contributed by atoms with Crippen molar-refractivity contribution >= 4 is 21.9 Å². The van der Waals surface area contributed by atoms with Gasteiger partial charge >= 0.3 is 5.97 Å². The number of rotatable bonds is 9. The SMILES string of the molecule is CCCCNC(=O)COC(=O)C1CCN(S(=O)(=O)c2ccc(C(C)C)cc2)CC1. The maximum absolute atomic E-state index is 12.8. The van der Waals surface area contributed by atoms with E-state index in [2.05, 4.69) is 19.2 Å². The minimum atomic E-state index is -3.58. The van der Waals surface area contributed by atoms with Gasteiger partial charge in [-0.25, -0.2) is 8.42 Å². The molecule has 29 heavy (non-hydrogen) atoms. The van der Waals surface area contributed by atoms with Crippen LogP contribution in [0.5, 0.6) is 0 Å². The average Bonchev–Trinajstić information content (AvgIpc) is 2.72. The van der Waals surface area contributed by atoms with Gasteiger partial charge in [0.15, 0.2) is 6.61 Å². The van der Waals surface area contributed by atoms with Crippen molar-refractivity contribution in [3.63, 3.8) is 0 Å². The summed E-state index contributed by atoms with van der Waals surface area (Å²) in [5, 5.41) is 2.69. The van der Waals surface area contributed by atoms with Gasteiger partial charge in [-0.05, 0) is 42.9 Å². The van der Waals surface area contributed by atoms with Gasteiger partial charge < -0.3 is 10.1 Å². The van der Waals surface area contributed by atoms with Crippen LogP contribution in [0.25, 0.3) is 0 Å². The minimum absolute atomic E-state index is 0.261. The molecule has 1 amide bonds. The molecule has 0 bridgehead atoms. The topological polar surface area (TPSA) is 92.8 Å². The number of piperidine rings is 1. The standard InChI is InChI=1S/C21H32N2O5S/c1-4-5-12-22-20(24)15-28-21(25)18-10-13-23(14-11-18)29(26,27)19-8-6-17(7-9-19)16(2)3/h6-9,16,18H,4-5,10-15H2,1-3H3,(H,22,24). The van der Waals surface area contributed by atoms with Gasteiger partial charge in [-0.1, -0.05) is 39.3 Å². The fourth-order valence-corrected chi connectivity index (χ4v) is 4.69. The van der Waals surface area contributed by atoms with E-state index >= 15 is 0 Å². The predicted octanol–water partition coefficient (Wildman–Crippen LogP) is 2.67. The normalized spacial score (nSPS) is 16.0. The monoisotopic (exact) mass is 424 g/mol. The molecule has 8 heteroatoms. The Balaban J connectivity index is 1.84. The van der Waals surface area contributed by atoms with Gasteiger partial charge in [0.05, 0.1) is 10.8 Å². The molecule has 0 saturated carbocycles. The number of nitrogens with one attached hydrogen (secondary N) is 1. The molecule has 0 radical (unpaired) electrons. The summed E-state index contributed by atoms with van der Waals surface area (Å²) in [5.41, 5.74) is 1.09. The summed E-state index contributed by atoms with van der Waals surface area (Å²) in [6, 6.07) is 6.96. The largest absolute Gasteiger partial charge is 0.455 e. The Hall–Kier alpha value is -1.93. The minimum Gasteiger partial charge on any atom is -0.455 e. The number of amides is 1. The molecule has 1 fully saturated rings. The first kappa shape index (κ1) is 23.3. The summed E-state index contributed by atoms with van der Waals surface area (Å²) < 4.78 is 32.2. The smallest absolute Gasteiger partial charge is 0.309 e. The highest BCUT2D eigenvalue weighted by Crippen LogP contribution is 2.25. The molecule has 1 aromatic rings. The second-order valence-electron chi connectivity index (χ2n) is 7.71. The lowest BCUT2D eigenvalue weighted by Gasteiger charge is -2.30. The maximum Gasteiger partial charge on any atom is 0.309 e. The number of nitrogens with zero attached hydrogens (tertiary/aromatic N) is 1. The number of carbonyl (C=O) groups is 2. The summed E-state index contributed by atoms with van der Waals surface area (Å²) in [6.07, 6.45) is 2.63. The van der Waals surface area contributed by atoms with Crippen LogP contribution in [0.15, 0.2) is 29.2 Å². The highest BCUT2D eigenvalue weighted by molar-refractivity contribution is 7.89. The Morgan fingerprint density at radius 3 is 2.34 bits per heavy atom. The van der Waals surface area contributed by atoms with Gasteiger partial charge in [-0.3, -0.25) is 9.59 Å². The summed E-state index contributed by atoms with van der Waals surface area (Å²) in [5.74, 6) is -0.791. The molecule has 0 spiro atoms. The first-order valence-electron chi connectivity index (χ1n) is 10.3. The summed E-state index contributed by atoms with van der Waals surface area (Å²) in [7, 11) is -3.58. The van der Waals surface area contributed by atoms with Crippen LogP contribution in [0.1, 0.15) is 57.9 Å². The molecule has 162 valence electrons. The molecule has 1 aliphatic rings. The van der Waals surface area contributed by atoms with Crippen LogP contribution in [0.3, 0.4) is 0 Å². The van der Waals surface area contributed by atoms with Gasteiger partial charge in [-0.2, -0.15) is 4.31 Å². The lowest BCUT2D eigenvalue weighted by molar-refractivity contribution is -0.153. The average molecular weight is 425 g/mol. The molecule has 0 aromatic heterocycles. The van der Waals surface area contributed by atoms with Gasteiger partial charge in [0.1, 0.15) is 0 Å². The van der Waals surface area contributed by atoms with Crippen LogP contribution in [0, 0.1) is 5.92 Å². The second kappa shape index (κ2) is 10.7. The molecule has 1 aliphatic heterocycles. The van der Waals surface area contributed by atoms with E-state index in [0.29, 0.717) is 25.3 Å². The van der Waals surface area contributed by atoms with Crippen LogP contribution < -0.4 is 5.32 Å². The van der Waals surface area contributed by atoms with Crippen LogP contribution in [-0.4, -0.2) is 50.8 Å². The Bertz CT molecular complexity index is 782. The molecule has 1 heterocycles. The Labute approximate surface area is 173 Å². The maximum atomic E-state index is 12.8. The molecular weight excluding hydrogens is 392 g/mol. The van der Waals surface area contributed by atoms with Gasteiger partial charge in [0, 0.05) is 19.6 Å². The van der Waals surface area contributed by atoms with E-state index < -0.39 is 16.0 Å². The molecule has 0 atom stereocenters. The van der Waals surface area contributed by atoms with E-state index in [1.807, 2.05) is 19.1 Å². The number of ether oxygens (including phenoxy) is 1. The second-order valence-corrected chi connectivity index (χ2v) is 9.65. The molecule has 1 aromatic carbocycles. The van der Waals surface area contributed by atoms with Crippen LogP contribution in [-0.2, 0) is 24.3 Å². The summed E-state index contributed by atoms with van der Waals surface area (Å²) in [4.78, 5) is 24.1. The van der Waals surface area contributed by atoms with Crippen molar-refractivity contribution < 1.29 is 22.7 Å². The number of esters is 1. The molecule has 0 aliphatic carbocycles. The molecule has 7 nitrogen and oxygen atoms in total. The van der Waals surface area contributed by atoms with Crippen molar-refractivity contribution in [1.82, 2.24) is 9.62 Å². The fourth-order valence-electron chi connectivity index (χ4n) is 3.22. The number of hydrogen-bond acceptors (Lipinski definition) is 5. The van der Waals surface area contributed by atoms with Gasteiger partial charge in [0.2, 0.25) is 10.0 Å². The quantitative estimate of drug-likeness (QED) is 0.486. The van der Waals surface area contributed by atoms with Crippen LogP contribution in [0.2, 0.25) is 0 Å². The van der Waals surface area contributed by atoms with Crippen molar-refractivity contribution in [3.05, 3.63) is 29.8 Å². The van der Waals surface area contributed by atoms with E-state index in [-0.39, 0.29) is 36.4 Å². The van der Waals surface area contributed by atoms with E-state index in [0.717, 1.165) is 18.4 Å². The third-order valence-corrected chi connectivity index (χ3v) is 7.08. The fraction of sp³-hybridized carbons (Fsp3) is 0.619. The van der Waals surface area contributed by atoms with Gasteiger partial charge in [-0.15, -0.1) is 0 Å². The Morgan fingerprint density at radius 2 is 1.79 bits per heavy atom. The van der Waals surface area contributed by atoms with Crippen molar-refractivity contribution in [2.45, 2.75) is 57.3 Å². The first-order valence-corrected chi connectivity index (χ1v) is 11.7. The van der Waals surface area contributed by atoms with E-state index in [1.54, 1.807) is 12.1 Å². The van der Waals surface area contributed by atoms with E-state index in [4.69, 9.17) is 4.74 Å². The predicted molar refractivity (Wildman–Crippen MR) is 111 cm³/mol. The van der Waals surface area contributed by atoms with E-state index in [9.17, 15) is 18.0 Å². The molecular formula is C21H32N2O5S. The number of hydrogen-bond donors (Lipinski definition) is 1. The summed E-state index contributed by atoms with van der Waals surface area (Å²) in [6.45, 7) is 6.95. The lowest BCUT2D eigenvalue weighted by Crippen LogP contribution is -2.41. The van der Waals surface area contributed by atoms with Crippen molar-refractivity contribution in [3.8, 4) is 0 Å². The Morgan fingerprint density at radius 1 is 1.17 bits per heavy atom. The zero-order valence-electron chi connectivity index (χ0n) is 17.5. The zero-order chi connectivity index (χ0) is 21.4. The molecule has 1 saturated heterocycles. The molecule has 1 N–H and O–H groups in total. The van der Waals surface area contributed by atoms with Crippen molar-refractivity contribution in [2.75, 3.05) is 26.2 Å². The third kappa shape index (κ3) is 6.54. The Kier molecular flexibility index (Phi) is 8.64. The van der Waals surface area contributed by atoms with Crippen LogP contribution in [0.4, 0.5) is 0 Å². The first-order chi connectivity index (χ1) is 13.8. The number of benzene rings is 1. The highest BCUT2D eigenvalue weighted by Gasteiger charge is 2.33. The molecule has 2 rings (SSSR count). The van der Waals surface area contributed by atoms with Crippen molar-refractivity contribution in [2.24, 2.45) is 5.92 Å². The van der Waals surface area contributed by atoms with Crippen LogP contribution >= 0.6 is 0 Å². The zero-order valence-corrected chi connectivity index (χ0v) is 18.3. The highest BCUT2D eigenvalue weighted by atomic mass is 32.2. The third-order valence-electron chi connectivity index (χ3n) is 5.17. The number of unbranched alkanes of at least 4 members (excludes halogenated alkanes) is 1. The summed E-state index contributed by atoms with van der Waals surface area (Å²) >= 11 is 0. The number of sulfonamides is 1. The van der Waals surface area contributed by atoms with E-state index in [1.165, 1.54) is 4.31 Å². The van der Waals surface area contributed by atoms with Crippen molar-refractivity contribution in [1.29, 1.82) is 0 Å². The number of carbonyl (C=O) groups excluding carboxylic acids is 2. The molecule has 0 unspecified atom stereocenters.